The van der Waals surface area contributed by atoms with E-state index in [0.29, 0.717) is 10.2 Å². The molecule has 1 aromatic heterocycles. The summed E-state index contributed by atoms with van der Waals surface area (Å²) in [5.41, 5.74) is -1.53. The van der Waals surface area contributed by atoms with E-state index < -0.39 is 27.6 Å². The second kappa shape index (κ2) is 5.80. The Kier molecular flexibility index (Phi) is 3.66. The summed E-state index contributed by atoms with van der Waals surface area (Å²) < 4.78 is 0.584. The quantitative estimate of drug-likeness (QED) is 0.424. The van der Waals surface area contributed by atoms with Crippen LogP contribution in [0.25, 0.3) is 10.9 Å². The molecule has 3 rings (SSSR count). The molecule has 0 aliphatic carbocycles. The molecule has 0 spiro atoms. The molecule has 9 heteroatoms. The highest BCUT2D eigenvalue weighted by Gasteiger charge is 2.15. The van der Waals surface area contributed by atoms with Gasteiger partial charge >= 0.3 is 11.4 Å². The zero-order valence-corrected chi connectivity index (χ0v) is 12.0. The van der Waals surface area contributed by atoms with E-state index in [0.717, 1.165) is 12.3 Å². The lowest BCUT2D eigenvalue weighted by Gasteiger charge is -2.02. The van der Waals surface area contributed by atoms with Gasteiger partial charge in [-0.3, -0.25) is 14.9 Å². The zero-order valence-electron chi connectivity index (χ0n) is 12.0. The SMILES string of the molecule is O=c1[nH]c2ccccc2c(=O)n1/N=C/c1cccc([N+](=O)[O-])c1O. The van der Waals surface area contributed by atoms with E-state index >= 15 is 0 Å². The van der Waals surface area contributed by atoms with Crippen LogP contribution in [0, 0.1) is 10.1 Å². The van der Waals surface area contributed by atoms with E-state index in [2.05, 4.69) is 10.1 Å². The second-order valence-electron chi connectivity index (χ2n) is 4.81. The number of nitrogens with one attached hydrogen (secondary N) is 1. The highest BCUT2D eigenvalue weighted by atomic mass is 16.6. The molecule has 3 aromatic rings. The molecule has 2 N–H and O–H groups in total. The first-order valence-corrected chi connectivity index (χ1v) is 6.74. The molecule has 0 aliphatic heterocycles. The molecule has 0 saturated heterocycles. The van der Waals surface area contributed by atoms with Crippen LogP contribution in [0.2, 0.25) is 0 Å². The van der Waals surface area contributed by atoms with E-state index in [4.69, 9.17) is 0 Å². The van der Waals surface area contributed by atoms with Crippen molar-refractivity contribution >= 4 is 22.8 Å². The number of hydrogen-bond acceptors (Lipinski definition) is 6. The number of benzene rings is 2. The van der Waals surface area contributed by atoms with Gasteiger partial charge in [0.1, 0.15) is 0 Å². The van der Waals surface area contributed by atoms with Gasteiger partial charge < -0.3 is 10.1 Å². The number of nitrogens with zero attached hydrogens (tertiary/aromatic N) is 3. The van der Waals surface area contributed by atoms with Crippen LogP contribution in [-0.2, 0) is 0 Å². The second-order valence-corrected chi connectivity index (χ2v) is 4.81. The van der Waals surface area contributed by atoms with Gasteiger partial charge in [-0.1, -0.05) is 18.2 Å². The summed E-state index contributed by atoms with van der Waals surface area (Å²) >= 11 is 0. The highest BCUT2D eigenvalue weighted by molar-refractivity contribution is 5.85. The van der Waals surface area contributed by atoms with Crippen LogP contribution in [0.3, 0.4) is 0 Å². The van der Waals surface area contributed by atoms with Gasteiger partial charge in [-0.15, -0.1) is 4.68 Å². The standard InChI is InChI=1S/C15H10N4O5/c20-13-9(4-3-7-12(13)19(23)24)8-16-18-14(21)10-5-1-2-6-11(10)17-15(18)22/h1-8,20H,(H,17,22)/b16-8+. The molecule has 0 radical (unpaired) electrons. The van der Waals surface area contributed by atoms with Crippen molar-refractivity contribution in [2.75, 3.05) is 0 Å². The largest absolute Gasteiger partial charge is 0.502 e. The average Bonchev–Trinajstić information content (AvgIpc) is 2.55. The Labute approximate surface area is 133 Å². The maximum absolute atomic E-state index is 12.3. The van der Waals surface area contributed by atoms with Gasteiger partial charge in [0.2, 0.25) is 5.75 Å². The van der Waals surface area contributed by atoms with Crippen molar-refractivity contribution in [2.24, 2.45) is 5.10 Å². The molecule has 2 aromatic carbocycles. The zero-order chi connectivity index (χ0) is 17.3. The van der Waals surface area contributed by atoms with Crippen LogP contribution in [0.4, 0.5) is 5.69 Å². The number of phenols is 1. The number of phenolic OH excluding ortho intramolecular Hbond substituents is 1. The molecule has 9 nitrogen and oxygen atoms in total. The molecule has 0 aliphatic rings. The Morgan fingerprint density at radius 1 is 1.17 bits per heavy atom. The Balaban J connectivity index is 2.13. The smallest absolute Gasteiger partial charge is 0.349 e. The number of para-hydroxylation sites is 2. The van der Waals surface area contributed by atoms with E-state index in [1.165, 1.54) is 18.2 Å². The summed E-state index contributed by atoms with van der Waals surface area (Å²) in [6.07, 6.45) is 1.01. The summed E-state index contributed by atoms with van der Waals surface area (Å²) in [4.78, 5) is 36.8. The third kappa shape index (κ3) is 2.54. The first-order chi connectivity index (χ1) is 11.5. The predicted molar refractivity (Wildman–Crippen MR) is 86.6 cm³/mol. The number of hydrogen-bond donors (Lipinski definition) is 2. The molecular weight excluding hydrogens is 316 g/mol. The number of rotatable bonds is 3. The van der Waals surface area contributed by atoms with Crippen LogP contribution in [0.5, 0.6) is 5.75 Å². The molecule has 0 unspecified atom stereocenters. The lowest BCUT2D eigenvalue weighted by molar-refractivity contribution is -0.385. The van der Waals surface area contributed by atoms with Crippen LogP contribution in [-0.4, -0.2) is 25.9 Å². The molecule has 120 valence electrons. The summed E-state index contributed by atoms with van der Waals surface area (Å²) in [6.45, 7) is 0. The fourth-order valence-electron chi connectivity index (χ4n) is 2.18. The molecule has 0 amide bonds. The first kappa shape index (κ1) is 15.2. The minimum Gasteiger partial charge on any atom is -0.502 e. The van der Waals surface area contributed by atoms with Gasteiger partial charge in [0, 0.05) is 11.6 Å². The van der Waals surface area contributed by atoms with Gasteiger partial charge in [0.25, 0.3) is 5.56 Å². The van der Waals surface area contributed by atoms with Gasteiger partial charge in [0.15, 0.2) is 0 Å². The monoisotopic (exact) mass is 326 g/mol. The van der Waals surface area contributed by atoms with E-state index in [-0.39, 0.29) is 10.9 Å². The maximum atomic E-state index is 12.3. The average molecular weight is 326 g/mol. The third-order valence-electron chi connectivity index (χ3n) is 3.34. The maximum Gasteiger partial charge on any atom is 0.349 e. The molecule has 0 fully saturated rings. The number of nitro groups is 1. The highest BCUT2D eigenvalue weighted by Crippen LogP contribution is 2.27. The lowest BCUT2D eigenvalue weighted by Crippen LogP contribution is -2.32. The van der Waals surface area contributed by atoms with E-state index in [9.17, 15) is 24.8 Å². The van der Waals surface area contributed by atoms with Crippen LogP contribution >= 0.6 is 0 Å². The fourth-order valence-corrected chi connectivity index (χ4v) is 2.18. The van der Waals surface area contributed by atoms with Crippen LogP contribution < -0.4 is 11.2 Å². The van der Waals surface area contributed by atoms with Crippen molar-refractivity contribution in [3.05, 3.63) is 79.0 Å². The van der Waals surface area contributed by atoms with Crippen LogP contribution in [0.1, 0.15) is 5.56 Å². The van der Waals surface area contributed by atoms with Crippen molar-refractivity contribution < 1.29 is 10.0 Å². The number of aromatic amines is 1. The Morgan fingerprint density at radius 3 is 2.67 bits per heavy atom. The molecule has 1 heterocycles. The summed E-state index contributed by atoms with van der Waals surface area (Å²) in [6, 6.07) is 10.3. The van der Waals surface area contributed by atoms with Crippen molar-refractivity contribution in [3.8, 4) is 5.75 Å². The Morgan fingerprint density at radius 2 is 1.92 bits per heavy atom. The van der Waals surface area contributed by atoms with Gasteiger partial charge in [-0.25, -0.2) is 4.79 Å². The van der Waals surface area contributed by atoms with Gasteiger partial charge in [-0.05, 0) is 18.2 Å². The molecule has 0 atom stereocenters. The van der Waals surface area contributed by atoms with Gasteiger partial charge in [0.05, 0.1) is 22.0 Å². The minimum absolute atomic E-state index is 0.00339. The number of aromatic hydroxyl groups is 1. The number of aromatic nitrogens is 2. The van der Waals surface area contributed by atoms with E-state index in [1.54, 1.807) is 18.2 Å². The van der Waals surface area contributed by atoms with Crippen molar-refractivity contribution in [3.63, 3.8) is 0 Å². The summed E-state index contributed by atoms with van der Waals surface area (Å²) in [7, 11) is 0. The Bertz CT molecular complexity index is 1100. The normalized spacial score (nSPS) is 11.2. The number of nitro benzene ring substituents is 1. The third-order valence-corrected chi connectivity index (χ3v) is 3.34. The van der Waals surface area contributed by atoms with Crippen LogP contribution in [0.15, 0.2) is 57.2 Å². The van der Waals surface area contributed by atoms with Crippen molar-refractivity contribution in [1.29, 1.82) is 0 Å². The van der Waals surface area contributed by atoms with Crippen molar-refractivity contribution in [1.82, 2.24) is 9.66 Å². The van der Waals surface area contributed by atoms with Gasteiger partial charge in [-0.2, -0.15) is 5.10 Å². The summed E-state index contributed by atoms with van der Waals surface area (Å²) in [5.74, 6) is -0.600. The lowest BCUT2D eigenvalue weighted by atomic mass is 10.2. The number of fused-ring (bicyclic) bond motifs is 1. The molecule has 0 saturated carbocycles. The molecular formula is C15H10N4O5. The van der Waals surface area contributed by atoms with E-state index in [1.807, 2.05) is 0 Å². The first-order valence-electron chi connectivity index (χ1n) is 6.74. The molecule has 24 heavy (non-hydrogen) atoms. The topological polar surface area (TPSA) is 131 Å². The summed E-state index contributed by atoms with van der Waals surface area (Å²) in [5, 5.41) is 24.6. The van der Waals surface area contributed by atoms with Crippen molar-refractivity contribution in [2.45, 2.75) is 0 Å². The minimum atomic E-state index is -0.764. The number of H-pyrrole nitrogens is 1. The Hall–Kier alpha value is -3.75. The molecule has 0 bridgehead atoms. The predicted octanol–water partition coefficient (Wildman–Crippen LogP) is 1.19. The fraction of sp³-hybridized carbons (Fsp3) is 0.